The molecule has 0 bridgehead atoms. The third-order valence-corrected chi connectivity index (χ3v) is 2.13. The minimum absolute atomic E-state index is 0.821. The van der Waals surface area contributed by atoms with Crippen molar-refractivity contribution in [3.05, 3.63) is 36.2 Å². The summed E-state index contributed by atoms with van der Waals surface area (Å²) in [5.74, 6) is 0.821. The van der Waals surface area contributed by atoms with E-state index in [1.807, 2.05) is 25.1 Å². The summed E-state index contributed by atoms with van der Waals surface area (Å²) in [6.07, 6.45) is 3.52. The molecular formula is C11H13N3O. The van der Waals surface area contributed by atoms with Crippen LogP contribution in [0.15, 0.2) is 30.6 Å². The maximum atomic E-state index is 5.26. The van der Waals surface area contributed by atoms with E-state index >= 15 is 0 Å². The predicted molar refractivity (Wildman–Crippen MR) is 59.6 cm³/mol. The number of anilines is 2. The molecule has 2 rings (SSSR count). The summed E-state index contributed by atoms with van der Waals surface area (Å²) in [6, 6.07) is 5.99. The molecule has 0 amide bonds. The molecule has 0 radical (unpaired) electrons. The molecule has 4 heteroatoms. The Kier molecular flexibility index (Phi) is 2.58. The first kappa shape index (κ1) is 9.58. The van der Waals surface area contributed by atoms with Gasteiger partial charge in [-0.2, -0.15) is 5.10 Å². The highest BCUT2D eigenvalue weighted by Gasteiger charge is 2.03. The first-order chi connectivity index (χ1) is 7.29. The summed E-state index contributed by atoms with van der Waals surface area (Å²) in [5, 5.41) is 9.84. The van der Waals surface area contributed by atoms with Crippen molar-refractivity contribution < 1.29 is 4.74 Å². The fourth-order valence-corrected chi connectivity index (χ4v) is 1.39. The van der Waals surface area contributed by atoms with Gasteiger partial charge in [0, 0.05) is 6.20 Å². The topological polar surface area (TPSA) is 49.9 Å². The monoisotopic (exact) mass is 203 g/mol. The zero-order chi connectivity index (χ0) is 10.7. The van der Waals surface area contributed by atoms with Crippen molar-refractivity contribution in [1.82, 2.24) is 10.2 Å². The van der Waals surface area contributed by atoms with E-state index in [-0.39, 0.29) is 0 Å². The average molecular weight is 203 g/mol. The number of benzene rings is 1. The third kappa shape index (κ3) is 2.10. The Morgan fingerprint density at radius 3 is 2.93 bits per heavy atom. The molecule has 2 aromatic rings. The highest BCUT2D eigenvalue weighted by molar-refractivity contribution is 5.66. The van der Waals surface area contributed by atoms with Crippen molar-refractivity contribution in [2.75, 3.05) is 12.4 Å². The van der Waals surface area contributed by atoms with Gasteiger partial charge in [-0.15, -0.1) is 0 Å². The van der Waals surface area contributed by atoms with Crippen LogP contribution in [-0.4, -0.2) is 17.3 Å². The van der Waals surface area contributed by atoms with Crippen LogP contribution in [0.4, 0.5) is 11.4 Å². The number of H-pyrrole nitrogens is 1. The standard InChI is InChI=1S/C11H13N3O/c1-8-3-4-11(15-2)10(5-8)14-9-6-12-13-7-9/h3-7,14H,1-2H3,(H,12,13). The van der Waals surface area contributed by atoms with Crippen LogP contribution in [0, 0.1) is 6.92 Å². The number of ether oxygens (including phenoxy) is 1. The predicted octanol–water partition coefficient (Wildman–Crippen LogP) is 2.47. The minimum atomic E-state index is 0.821. The van der Waals surface area contributed by atoms with Crippen LogP contribution in [0.1, 0.15) is 5.56 Å². The van der Waals surface area contributed by atoms with Crippen molar-refractivity contribution in [3.8, 4) is 5.75 Å². The fourth-order valence-electron chi connectivity index (χ4n) is 1.39. The normalized spacial score (nSPS) is 10.0. The van der Waals surface area contributed by atoms with Crippen molar-refractivity contribution >= 4 is 11.4 Å². The summed E-state index contributed by atoms with van der Waals surface area (Å²) in [7, 11) is 1.66. The number of nitrogens with one attached hydrogen (secondary N) is 2. The van der Waals surface area contributed by atoms with E-state index in [1.54, 1.807) is 19.5 Å². The molecular weight excluding hydrogens is 190 g/mol. The second-order valence-electron chi connectivity index (χ2n) is 3.32. The van der Waals surface area contributed by atoms with Gasteiger partial charge >= 0.3 is 0 Å². The molecule has 0 aliphatic carbocycles. The van der Waals surface area contributed by atoms with Crippen LogP contribution < -0.4 is 10.1 Å². The van der Waals surface area contributed by atoms with Gasteiger partial charge in [-0.05, 0) is 24.6 Å². The average Bonchev–Trinajstić information content (AvgIpc) is 2.71. The molecule has 2 N–H and O–H groups in total. The number of nitrogens with zero attached hydrogens (tertiary/aromatic N) is 1. The van der Waals surface area contributed by atoms with Crippen LogP contribution in [0.2, 0.25) is 0 Å². The number of rotatable bonds is 3. The lowest BCUT2D eigenvalue weighted by atomic mass is 10.2. The molecule has 4 nitrogen and oxygen atoms in total. The fraction of sp³-hybridized carbons (Fsp3) is 0.182. The molecule has 0 saturated carbocycles. The summed E-state index contributed by atoms with van der Waals surface area (Å²) in [4.78, 5) is 0. The summed E-state index contributed by atoms with van der Waals surface area (Å²) < 4.78 is 5.26. The van der Waals surface area contributed by atoms with Gasteiger partial charge < -0.3 is 10.1 Å². The Morgan fingerprint density at radius 2 is 2.27 bits per heavy atom. The highest BCUT2D eigenvalue weighted by Crippen LogP contribution is 2.27. The lowest BCUT2D eigenvalue weighted by Gasteiger charge is -2.10. The van der Waals surface area contributed by atoms with E-state index in [0.29, 0.717) is 0 Å². The molecule has 0 aliphatic rings. The number of aromatic nitrogens is 2. The number of hydrogen-bond acceptors (Lipinski definition) is 3. The number of hydrogen-bond donors (Lipinski definition) is 2. The molecule has 1 aromatic carbocycles. The van der Waals surface area contributed by atoms with E-state index < -0.39 is 0 Å². The molecule has 15 heavy (non-hydrogen) atoms. The van der Waals surface area contributed by atoms with Gasteiger partial charge in [-0.3, -0.25) is 5.10 Å². The van der Waals surface area contributed by atoms with Crippen LogP contribution in [-0.2, 0) is 0 Å². The molecule has 0 saturated heterocycles. The van der Waals surface area contributed by atoms with Gasteiger partial charge in [0.1, 0.15) is 5.75 Å². The quantitative estimate of drug-likeness (QED) is 0.805. The minimum Gasteiger partial charge on any atom is -0.495 e. The van der Waals surface area contributed by atoms with Gasteiger partial charge in [0.15, 0.2) is 0 Å². The third-order valence-electron chi connectivity index (χ3n) is 2.13. The van der Waals surface area contributed by atoms with Crippen LogP contribution in [0.5, 0.6) is 5.75 Å². The van der Waals surface area contributed by atoms with E-state index in [9.17, 15) is 0 Å². The Hall–Kier alpha value is -1.97. The summed E-state index contributed by atoms with van der Waals surface area (Å²) in [5.41, 5.74) is 3.04. The van der Waals surface area contributed by atoms with E-state index in [2.05, 4.69) is 15.5 Å². The zero-order valence-electron chi connectivity index (χ0n) is 8.74. The highest BCUT2D eigenvalue weighted by atomic mass is 16.5. The maximum Gasteiger partial charge on any atom is 0.142 e. The van der Waals surface area contributed by atoms with Gasteiger partial charge in [0.05, 0.1) is 24.7 Å². The molecule has 1 aromatic heterocycles. The van der Waals surface area contributed by atoms with Crippen molar-refractivity contribution in [3.63, 3.8) is 0 Å². The largest absolute Gasteiger partial charge is 0.495 e. The van der Waals surface area contributed by atoms with Crippen molar-refractivity contribution in [1.29, 1.82) is 0 Å². The van der Waals surface area contributed by atoms with Crippen LogP contribution in [0.25, 0.3) is 0 Å². The summed E-state index contributed by atoms with van der Waals surface area (Å²) >= 11 is 0. The van der Waals surface area contributed by atoms with E-state index in [1.165, 1.54) is 5.56 Å². The van der Waals surface area contributed by atoms with Gasteiger partial charge in [-0.25, -0.2) is 0 Å². The van der Waals surface area contributed by atoms with E-state index in [0.717, 1.165) is 17.1 Å². The SMILES string of the molecule is COc1ccc(C)cc1Nc1cn[nH]c1. The number of aromatic amines is 1. The molecule has 1 heterocycles. The van der Waals surface area contributed by atoms with Crippen molar-refractivity contribution in [2.24, 2.45) is 0 Å². The maximum absolute atomic E-state index is 5.26. The summed E-state index contributed by atoms with van der Waals surface area (Å²) in [6.45, 7) is 2.04. The molecule has 0 spiro atoms. The van der Waals surface area contributed by atoms with Gasteiger partial charge in [-0.1, -0.05) is 6.07 Å². The van der Waals surface area contributed by atoms with Crippen LogP contribution >= 0.6 is 0 Å². The second kappa shape index (κ2) is 4.04. The molecule has 0 atom stereocenters. The zero-order valence-corrected chi connectivity index (χ0v) is 8.74. The van der Waals surface area contributed by atoms with E-state index in [4.69, 9.17) is 4.74 Å². The Labute approximate surface area is 88.3 Å². The Bertz CT molecular complexity index is 437. The van der Waals surface area contributed by atoms with Gasteiger partial charge in [0.2, 0.25) is 0 Å². The lowest BCUT2D eigenvalue weighted by Crippen LogP contribution is -1.94. The first-order valence-electron chi connectivity index (χ1n) is 4.70. The molecule has 0 fully saturated rings. The van der Waals surface area contributed by atoms with Crippen molar-refractivity contribution in [2.45, 2.75) is 6.92 Å². The molecule has 0 unspecified atom stereocenters. The number of methoxy groups -OCH3 is 1. The smallest absolute Gasteiger partial charge is 0.142 e. The number of aryl methyl sites for hydroxylation is 1. The Morgan fingerprint density at radius 1 is 1.40 bits per heavy atom. The first-order valence-corrected chi connectivity index (χ1v) is 4.70. The molecule has 0 aliphatic heterocycles. The lowest BCUT2D eigenvalue weighted by molar-refractivity contribution is 0.416. The van der Waals surface area contributed by atoms with Crippen LogP contribution in [0.3, 0.4) is 0 Å². The Balaban J connectivity index is 2.30. The van der Waals surface area contributed by atoms with Gasteiger partial charge in [0.25, 0.3) is 0 Å². The second-order valence-corrected chi connectivity index (χ2v) is 3.32. The molecule has 78 valence electrons.